The predicted molar refractivity (Wildman–Crippen MR) is 170 cm³/mol. The number of anilines is 2. The first kappa shape index (κ1) is 32.5. The number of halogens is 6. The highest BCUT2D eigenvalue weighted by molar-refractivity contribution is 6.33. The van der Waals surface area contributed by atoms with Crippen molar-refractivity contribution in [2.24, 2.45) is 0 Å². The first-order valence-corrected chi connectivity index (χ1v) is 15.5. The Morgan fingerprint density at radius 2 is 1.11 bits per heavy atom. The van der Waals surface area contributed by atoms with Gasteiger partial charge in [0.25, 0.3) is 11.4 Å². The summed E-state index contributed by atoms with van der Waals surface area (Å²) in [6.07, 6.45) is 1.74. The van der Waals surface area contributed by atoms with Crippen LogP contribution in [0, 0.1) is 43.5 Å². The zero-order valence-electron chi connectivity index (χ0n) is 24.5. The van der Waals surface area contributed by atoms with Crippen molar-refractivity contribution in [3.8, 4) is 0 Å². The fourth-order valence-corrected chi connectivity index (χ4v) is 7.16. The number of benzene rings is 4. The normalized spacial score (nSPS) is 18.5. The van der Waals surface area contributed by atoms with E-state index in [1.807, 2.05) is 0 Å². The SMILES string of the molecule is O=[N+]([O-])c1cc(C2CCC(c3ccc(Cl)c([N+](=O)[O-])c3)N2c2cc(F)c(N3CCC(c4ccc(F)c(F)c4)CC3)c(F)c2)ccc1Cl. The summed E-state index contributed by atoms with van der Waals surface area (Å²) < 4.78 is 59.1. The molecule has 8 nitrogen and oxygen atoms in total. The molecule has 0 aliphatic carbocycles. The van der Waals surface area contributed by atoms with Crippen LogP contribution in [-0.2, 0) is 0 Å². The maximum Gasteiger partial charge on any atom is 0.288 e. The molecule has 0 amide bonds. The number of nitrogens with zero attached hydrogens (tertiary/aromatic N) is 4. The molecule has 4 aromatic rings. The zero-order chi connectivity index (χ0) is 33.6. The van der Waals surface area contributed by atoms with E-state index in [9.17, 15) is 29.0 Å². The molecule has 2 heterocycles. The van der Waals surface area contributed by atoms with E-state index >= 15 is 8.78 Å². The van der Waals surface area contributed by atoms with Crippen molar-refractivity contribution >= 4 is 46.0 Å². The predicted octanol–water partition coefficient (Wildman–Crippen LogP) is 9.83. The minimum Gasteiger partial charge on any atom is -0.367 e. The van der Waals surface area contributed by atoms with Crippen molar-refractivity contribution in [3.63, 3.8) is 0 Å². The third-order valence-electron chi connectivity index (χ3n) is 9.01. The summed E-state index contributed by atoms with van der Waals surface area (Å²) in [4.78, 5) is 25.4. The Balaban J connectivity index is 1.35. The topological polar surface area (TPSA) is 92.8 Å². The van der Waals surface area contributed by atoms with Crippen molar-refractivity contribution in [1.82, 2.24) is 0 Å². The van der Waals surface area contributed by atoms with Gasteiger partial charge in [0.1, 0.15) is 15.7 Å². The third kappa shape index (κ3) is 6.31. The van der Waals surface area contributed by atoms with E-state index in [1.54, 1.807) is 21.9 Å². The molecule has 47 heavy (non-hydrogen) atoms. The number of hydrogen-bond donors (Lipinski definition) is 0. The molecule has 2 fully saturated rings. The lowest BCUT2D eigenvalue weighted by Crippen LogP contribution is -2.34. The summed E-state index contributed by atoms with van der Waals surface area (Å²) in [5.74, 6) is -3.66. The molecule has 0 saturated carbocycles. The number of hydrogen-bond acceptors (Lipinski definition) is 6. The van der Waals surface area contributed by atoms with E-state index in [-0.39, 0.29) is 51.8 Å². The molecule has 2 atom stereocenters. The summed E-state index contributed by atoms with van der Waals surface area (Å²) >= 11 is 12.1. The Kier molecular flexibility index (Phi) is 8.99. The van der Waals surface area contributed by atoms with E-state index in [0.29, 0.717) is 42.4 Å². The highest BCUT2D eigenvalue weighted by atomic mass is 35.5. The van der Waals surface area contributed by atoms with Gasteiger partial charge in [-0.25, -0.2) is 17.6 Å². The second-order valence-electron chi connectivity index (χ2n) is 11.6. The van der Waals surface area contributed by atoms with E-state index in [0.717, 1.165) is 12.1 Å². The third-order valence-corrected chi connectivity index (χ3v) is 9.65. The van der Waals surface area contributed by atoms with Gasteiger partial charge in [0.05, 0.1) is 21.9 Å². The molecular formula is C33H26Cl2F4N4O4. The number of rotatable bonds is 7. The molecule has 244 valence electrons. The van der Waals surface area contributed by atoms with Crippen LogP contribution in [0.15, 0.2) is 66.7 Å². The highest BCUT2D eigenvalue weighted by Crippen LogP contribution is 2.49. The monoisotopic (exact) mass is 688 g/mol. The van der Waals surface area contributed by atoms with Gasteiger partial charge in [-0.3, -0.25) is 20.2 Å². The Labute approximate surface area is 276 Å². The first-order valence-electron chi connectivity index (χ1n) is 14.8. The van der Waals surface area contributed by atoms with Crippen molar-refractivity contribution in [1.29, 1.82) is 0 Å². The van der Waals surface area contributed by atoms with Gasteiger partial charge < -0.3 is 9.80 Å². The minimum absolute atomic E-state index is 0.0667. The fraction of sp³-hybridized carbons (Fsp3) is 0.273. The molecule has 0 aromatic heterocycles. The van der Waals surface area contributed by atoms with Crippen LogP contribution in [0.1, 0.15) is 60.4 Å². The average molecular weight is 689 g/mol. The van der Waals surface area contributed by atoms with E-state index < -0.39 is 45.2 Å². The van der Waals surface area contributed by atoms with Crippen LogP contribution in [0.2, 0.25) is 10.0 Å². The molecule has 0 bridgehead atoms. The molecule has 2 unspecified atom stereocenters. The summed E-state index contributed by atoms with van der Waals surface area (Å²) in [5, 5.41) is 23.2. The smallest absolute Gasteiger partial charge is 0.288 e. The number of piperidine rings is 1. The lowest BCUT2D eigenvalue weighted by Gasteiger charge is -2.36. The number of nitro benzene ring substituents is 2. The fourth-order valence-electron chi connectivity index (χ4n) is 6.79. The highest BCUT2D eigenvalue weighted by Gasteiger charge is 2.38. The molecule has 6 rings (SSSR count). The van der Waals surface area contributed by atoms with E-state index in [4.69, 9.17) is 23.2 Å². The summed E-state index contributed by atoms with van der Waals surface area (Å²) in [6.45, 7) is 0.545. The maximum absolute atomic E-state index is 16.0. The quantitative estimate of drug-likeness (QED) is 0.109. The molecule has 4 aromatic carbocycles. The Bertz CT molecular complexity index is 1800. The molecular weight excluding hydrogens is 663 g/mol. The standard InChI is InChI=1S/C33H26Cl2F4N4O4/c34-23-4-1-20(14-31(23)42(44)45)29-7-8-30(21-2-5-24(35)32(15-21)43(46)47)41(29)22-16-27(38)33(28(39)17-22)40-11-9-18(10-12-40)19-3-6-25(36)26(37)13-19/h1-6,13-18,29-30H,7-12H2. The molecule has 2 saturated heterocycles. The molecule has 14 heteroatoms. The van der Waals surface area contributed by atoms with Gasteiger partial charge in [0, 0.05) is 30.9 Å². The van der Waals surface area contributed by atoms with Gasteiger partial charge in [-0.2, -0.15) is 0 Å². The van der Waals surface area contributed by atoms with Crippen molar-refractivity contribution < 1.29 is 27.4 Å². The van der Waals surface area contributed by atoms with Crippen LogP contribution < -0.4 is 9.80 Å². The van der Waals surface area contributed by atoms with E-state index in [2.05, 4.69) is 0 Å². The molecule has 2 aliphatic rings. The van der Waals surface area contributed by atoms with Crippen molar-refractivity contribution in [2.45, 2.75) is 43.7 Å². The Morgan fingerprint density at radius 1 is 0.617 bits per heavy atom. The first-order chi connectivity index (χ1) is 22.4. The van der Waals surface area contributed by atoms with Crippen molar-refractivity contribution in [2.75, 3.05) is 22.9 Å². The molecule has 0 spiro atoms. The van der Waals surface area contributed by atoms with Gasteiger partial charge in [0.2, 0.25) is 0 Å². The lowest BCUT2D eigenvalue weighted by molar-refractivity contribution is -0.384. The number of nitro groups is 2. The Morgan fingerprint density at radius 3 is 1.57 bits per heavy atom. The van der Waals surface area contributed by atoms with Crippen LogP contribution in [0.25, 0.3) is 0 Å². The van der Waals surface area contributed by atoms with Gasteiger partial charge in [0.15, 0.2) is 23.3 Å². The summed E-state index contributed by atoms with van der Waals surface area (Å²) in [5.41, 5.74) is 0.851. The molecule has 2 aliphatic heterocycles. The van der Waals surface area contributed by atoms with Crippen LogP contribution >= 0.6 is 23.2 Å². The molecule has 0 N–H and O–H groups in total. The lowest BCUT2D eigenvalue weighted by atomic mass is 9.89. The Hall–Kier alpha value is -4.42. The van der Waals surface area contributed by atoms with Crippen molar-refractivity contribution in [3.05, 3.63) is 137 Å². The van der Waals surface area contributed by atoms with Gasteiger partial charge in [-0.1, -0.05) is 41.4 Å². The largest absolute Gasteiger partial charge is 0.367 e. The van der Waals surface area contributed by atoms with Crippen LogP contribution in [0.5, 0.6) is 0 Å². The van der Waals surface area contributed by atoms with Crippen LogP contribution in [0.4, 0.5) is 40.3 Å². The zero-order valence-corrected chi connectivity index (χ0v) is 26.0. The second kappa shape index (κ2) is 13.0. The van der Waals surface area contributed by atoms with Crippen LogP contribution in [0.3, 0.4) is 0 Å². The summed E-state index contributed by atoms with van der Waals surface area (Å²) in [6, 6.07) is 13.6. The average Bonchev–Trinajstić information content (AvgIpc) is 3.48. The minimum atomic E-state index is -0.947. The van der Waals surface area contributed by atoms with Crippen LogP contribution in [-0.4, -0.2) is 22.9 Å². The van der Waals surface area contributed by atoms with Gasteiger partial charge in [-0.05, 0) is 84.7 Å². The van der Waals surface area contributed by atoms with Gasteiger partial charge >= 0.3 is 0 Å². The maximum atomic E-state index is 16.0. The second-order valence-corrected chi connectivity index (χ2v) is 12.5. The summed E-state index contributed by atoms with van der Waals surface area (Å²) in [7, 11) is 0. The van der Waals surface area contributed by atoms with E-state index in [1.165, 1.54) is 42.5 Å². The van der Waals surface area contributed by atoms with Gasteiger partial charge in [-0.15, -0.1) is 0 Å². The molecule has 0 radical (unpaired) electrons.